The molecule has 1 unspecified atom stereocenters. The summed E-state index contributed by atoms with van der Waals surface area (Å²) in [4.78, 5) is 1.97. The van der Waals surface area contributed by atoms with Crippen LogP contribution in [0.3, 0.4) is 0 Å². The van der Waals surface area contributed by atoms with Gasteiger partial charge >= 0.3 is 0 Å². The van der Waals surface area contributed by atoms with Gasteiger partial charge in [-0.15, -0.1) is 10.2 Å². The molecule has 2 N–H and O–H groups in total. The number of hydrogen-bond acceptors (Lipinski definition) is 7. The molecule has 0 amide bonds. The van der Waals surface area contributed by atoms with Crippen LogP contribution in [0.4, 0.5) is 5.13 Å². The van der Waals surface area contributed by atoms with Gasteiger partial charge in [-0.2, -0.15) is 0 Å². The van der Waals surface area contributed by atoms with Crippen LogP contribution < -0.4 is 10.2 Å². The van der Waals surface area contributed by atoms with Crippen LogP contribution in [0, 0.1) is 0 Å². The van der Waals surface area contributed by atoms with E-state index in [0.717, 1.165) is 21.6 Å². The summed E-state index contributed by atoms with van der Waals surface area (Å²) in [7, 11) is 3.94. The minimum Gasteiger partial charge on any atom is -0.395 e. The SMILES string of the molecule is CN(C)c1nnc(SCCC(CO)NC2CC2)s1. The number of aliphatic hydroxyl groups excluding tert-OH is 1. The van der Waals surface area contributed by atoms with Crippen molar-refractivity contribution in [3.8, 4) is 0 Å². The van der Waals surface area contributed by atoms with Gasteiger partial charge in [0.1, 0.15) is 0 Å². The van der Waals surface area contributed by atoms with Crippen molar-refractivity contribution in [3.63, 3.8) is 0 Å². The lowest BCUT2D eigenvalue weighted by Crippen LogP contribution is -2.34. The quantitative estimate of drug-likeness (QED) is 0.701. The minimum absolute atomic E-state index is 0.218. The highest BCUT2D eigenvalue weighted by Crippen LogP contribution is 2.27. The third kappa shape index (κ3) is 4.38. The molecule has 0 spiro atoms. The van der Waals surface area contributed by atoms with E-state index in [-0.39, 0.29) is 12.6 Å². The van der Waals surface area contributed by atoms with Crippen LogP contribution in [0.1, 0.15) is 19.3 Å². The molecule has 1 aromatic rings. The fourth-order valence-corrected chi connectivity index (χ4v) is 3.43. The van der Waals surface area contributed by atoms with Crippen molar-refractivity contribution in [1.82, 2.24) is 15.5 Å². The van der Waals surface area contributed by atoms with E-state index in [1.807, 2.05) is 19.0 Å². The van der Waals surface area contributed by atoms with Gasteiger partial charge in [0, 0.05) is 31.9 Å². The number of nitrogens with zero attached hydrogens (tertiary/aromatic N) is 3. The predicted molar refractivity (Wildman–Crippen MR) is 76.6 cm³/mol. The maximum atomic E-state index is 9.27. The average molecular weight is 288 g/mol. The largest absolute Gasteiger partial charge is 0.395 e. The van der Waals surface area contributed by atoms with Gasteiger partial charge in [0.2, 0.25) is 5.13 Å². The number of nitrogens with one attached hydrogen (secondary N) is 1. The zero-order chi connectivity index (χ0) is 13.0. The van der Waals surface area contributed by atoms with E-state index >= 15 is 0 Å². The van der Waals surface area contributed by atoms with Gasteiger partial charge in [-0.1, -0.05) is 23.1 Å². The monoisotopic (exact) mass is 288 g/mol. The fourth-order valence-electron chi connectivity index (χ4n) is 1.54. The Morgan fingerprint density at radius 1 is 1.50 bits per heavy atom. The average Bonchev–Trinajstić information content (AvgIpc) is 3.03. The maximum absolute atomic E-state index is 9.27. The van der Waals surface area contributed by atoms with E-state index in [0.29, 0.717) is 6.04 Å². The molecule has 1 saturated carbocycles. The molecule has 5 nitrogen and oxygen atoms in total. The molecule has 1 aromatic heterocycles. The van der Waals surface area contributed by atoms with Gasteiger partial charge in [0.05, 0.1) is 6.61 Å². The molecule has 1 aliphatic carbocycles. The molecule has 1 aliphatic rings. The number of hydrogen-bond donors (Lipinski definition) is 2. The molecular weight excluding hydrogens is 268 g/mol. The molecular formula is C11H20N4OS2. The fraction of sp³-hybridized carbons (Fsp3) is 0.818. The van der Waals surface area contributed by atoms with Crippen LogP contribution in [0.15, 0.2) is 4.34 Å². The van der Waals surface area contributed by atoms with Crippen molar-refractivity contribution in [2.45, 2.75) is 35.7 Å². The van der Waals surface area contributed by atoms with Crippen molar-refractivity contribution >= 4 is 28.2 Å². The van der Waals surface area contributed by atoms with Crippen molar-refractivity contribution < 1.29 is 5.11 Å². The van der Waals surface area contributed by atoms with Crippen molar-refractivity contribution in [1.29, 1.82) is 0 Å². The lowest BCUT2D eigenvalue weighted by Gasteiger charge is -2.14. The third-order valence-electron chi connectivity index (χ3n) is 2.74. The molecule has 1 atom stereocenters. The van der Waals surface area contributed by atoms with Gasteiger partial charge in [0.25, 0.3) is 0 Å². The lowest BCUT2D eigenvalue weighted by atomic mass is 10.2. The molecule has 1 heterocycles. The van der Waals surface area contributed by atoms with Crippen molar-refractivity contribution in [2.75, 3.05) is 31.4 Å². The van der Waals surface area contributed by atoms with E-state index in [2.05, 4.69) is 15.5 Å². The van der Waals surface area contributed by atoms with Gasteiger partial charge in [0.15, 0.2) is 4.34 Å². The van der Waals surface area contributed by atoms with Gasteiger partial charge < -0.3 is 15.3 Å². The molecule has 0 radical (unpaired) electrons. The first-order chi connectivity index (χ1) is 8.69. The Kier molecular flexibility index (Phi) is 5.23. The van der Waals surface area contributed by atoms with Gasteiger partial charge in [-0.3, -0.25) is 0 Å². The summed E-state index contributed by atoms with van der Waals surface area (Å²) in [5, 5.41) is 21.9. The molecule has 0 aromatic carbocycles. The zero-order valence-corrected chi connectivity index (χ0v) is 12.4. The zero-order valence-electron chi connectivity index (χ0n) is 10.8. The highest BCUT2D eigenvalue weighted by molar-refractivity contribution is 8.01. The summed E-state index contributed by atoms with van der Waals surface area (Å²) in [5.74, 6) is 0.965. The first-order valence-corrected chi connectivity index (χ1v) is 7.99. The van der Waals surface area contributed by atoms with Crippen molar-refractivity contribution in [3.05, 3.63) is 0 Å². The normalized spacial score (nSPS) is 16.8. The Labute approximate surface area is 116 Å². The van der Waals surface area contributed by atoms with Crippen LogP contribution in [0.5, 0.6) is 0 Å². The number of aromatic nitrogens is 2. The van der Waals surface area contributed by atoms with Gasteiger partial charge in [-0.05, 0) is 19.3 Å². The molecule has 102 valence electrons. The van der Waals surface area contributed by atoms with E-state index in [4.69, 9.17) is 0 Å². The lowest BCUT2D eigenvalue weighted by molar-refractivity contribution is 0.239. The molecule has 7 heteroatoms. The topological polar surface area (TPSA) is 61.3 Å². The molecule has 0 aliphatic heterocycles. The Morgan fingerprint density at radius 3 is 2.83 bits per heavy atom. The number of rotatable bonds is 8. The Bertz CT molecular complexity index is 368. The van der Waals surface area contributed by atoms with Crippen LogP contribution in [0.25, 0.3) is 0 Å². The van der Waals surface area contributed by atoms with E-state index in [9.17, 15) is 5.11 Å². The van der Waals surface area contributed by atoms with Crippen LogP contribution in [0.2, 0.25) is 0 Å². The first-order valence-electron chi connectivity index (χ1n) is 6.19. The second-order valence-corrected chi connectivity index (χ2v) is 7.00. The van der Waals surface area contributed by atoms with Crippen LogP contribution >= 0.6 is 23.1 Å². The number of anilines is 1. The highest BCUT2D eigenvalue weighted by Gasteiger charge is 2.24. The van der Waals surface area contributed by atoms with E-state index in [1.165, 1.54) is 12.8 Å². The Balaban J connectivity index is 1.69. The second kappa shape index (κ2) is 6.70. The van der Waals surface area contributed by atoms with Crippen LogP contribution in [-0.4, -0.2) is 53.8 Å². The number of thioether (sulfide) groups is 1. The van der Waals surface area contributed by atoms with E-state index in [1.54, 1.807) is 23.1 Å². The van der Waals surface area contributed by atoms with E-state index < -0.39 is 0 Å². The summed E-state index contributed by atoms with van der Waals surface area (Å²) < 4.78 is 1.00. The summed E-state index contributed by atoms with van der Waals surface area (Å²) in [6.07, 6.45) is 3.48. The Morgan fingerprint density at radius 2 is 2.28 bits per heavy atom. The molecule has 0 bridgehead atoms. The second-order valence-electron chi connectivity index (χ2n) is 4.70. The summed E-state index contributed by atoms with van der Waals surface area (Å²) in [6.45, 7) is 0.218. The summed E-state index contributed by atoms with van der Waals surface area (Å²) in [6, 6.07) is 0.875. The Hall–Kier alpha value is -0.370. The van der Waals surface area contributed by atoms with Crippen LogP contribution in [-0.2, 0) is 0 Å². The molecule has 18 heavy (non-hydrogen) atoms. The maximum Gasteiger partial charge on any atom is 0.208 e. The third-order valence-corrected chi connectivity index (χ3v) is 5.00. The standard InChI is InChI=1S/C11H20N4OS2/c1-15(2)10-13-14-11(18-10)17-6-5-9(7-16)12-8-3-4-8/h8-9,12,16H,3-7H2,1-2H3. The predicted octanol–water partition coefficient (Wildman–Crippen LogP) is 1.20. The highest BCUT2D eigenvalue weighted by atomic mass is 32.2. The smallest absolute Gasteiger partial charge is 0.208 e. The number of aliphatic hydroxyl groups is 1. The molecule has 0 saturated heterocycles. The van der Waals surface area contributed by atoms with Gasteiger partial charge in [-0.25, -0.2) is 0 Å². The molecule has 2 rings (SSSR count). The summed E-state index contributed by atoms with van der Waals surface area (Å²) >= 11 is 3.33. The van der Waals surface area contributed by atoms with Crippen molar-refractivity contribution in [2.24, 2.45) is 0 Å². The minimum atomic E-state index is 0.218. The summed E-state index contributed by atoms with van der Waals surface area (Å²) in [5.41, 5.74) is 0. The first kappa shape index (κ1) is 14.0. The molecule has 1 fully saturated rings.